The fourth-order valence-electron chi connectivity index (χ4n) is 1.24. The maximum Gasteiger partial charge on any atom is 0.233 e. The second-order valence-electron chi connectivity index (χ2n) is 2.75. The third-order valence-electron chi connectivity index (χ3n) is 1.82. The lowest BCUT2D eigenvalue weighted by atomic mass is 10.2. The van der Waals surface area contributed by atoms with Crippen molar-refractivity contribution in [2.24, 2.45) is 0 Å². The molecule has 11 heavy (non-hydrogen) atoms. The second-order valence-corrected chi connectivity index (χ2v) is 4.06. The molecule has 1 amide bonds. The van der Waals surface area contributed by atoms with Gasteiger partial charge in [-0.2, -0.15) is 0 Å². The summed E-state index contributed by atoms with van der Waals surface area (Å²) in [5, 5.41) is 3.10. The van der Waals surface area contributed by atoms with Crippen molar-refractivity contribution in [2.45, 2.75) is 31.4 Å². The van der Waals surface area contributed by atoms with Gasteiger partial charge in [0.15, 0.2) is 0 Å². The molecule has 0 spiro atoms. The van der Waals surface area contributed by atoms with E-state index in [1.165, 1.54) is 12.8 Å². The molecule has 1 N–H and O–H groups in total. The Morgan fingerprint density at radius 2 is 2.45 bits per heavy atom. The SMILES string of the molecule is CCNC(=O)C1CCCCS1. The third-order valence-corrected chi connectivity index (χ3v) is 3.20. The first-order valence-corrected chi connectivity index (χ1v) is 5.28. The maximum atomic E-state index is 11.3. The van der Waals surface area contributed by atoms with Crippen LogP contribution in [-0.4, -0.2) is 23.5 Å². The van der Waals surface area contributed by atoms with E-state index in [-0.39, 0.29) is 11.2 Å². The van der Waals surface area contributed by atoms with Crippen molar-refractivity contribution in [2.75, 3.05) is 12.3 Å². The summed E-state index contributed by atoms with van der Waals surface area (Å²) in [5.41, 5.74) is 0. The average molecular weight is 173 g/mol. The smallest absolute Gasteiger partial charge is 0.233 e. The van der Waals surface area contributed by atoms with E-state index in [4.69, 9.17) is 0 Å². The van der Waals surface area contributed by atoms with E-state index in [1.54, 1.807) is 11.8 Å². The van der Waals surface area contributed by atoms with E-state index in [0.717, 1.165) is 18.7 Å². The molecule has 0 bridgehead atoms. The zero-order valence-electron chi connectivity index (χ0n) is 6.93. The number of carbonyl (C=O) groups excluding carboxylic acids is 1. The van der Waals surface area contributed by atoms with Gasteiger partial charge in [0.25, 0.3) is 0 Å². The molecule has 1 aliphatic heterocycles. The predicted molar refractivity (Wildman–Crippen MR) is 48.8 cm³/mol. The van der Waals surface area contributed by atoms with Crippen LogP contribution in [0.1, 0.15) is 26.2 Å². The summed E-state index contributed by atoms with van der Waals surface area (Å²) >= 11 is 1.80. The molecular formula is C8H15NOS. The average Bonchev–Trinajstić information content (AvgIpc) is 2.07. The van der Waals surface area contributed by atoms with Crippen molar-refractivity contribution in [3.05, 3.63) is 0 Å². The summed E-state index contributed by atoms with van der Waals surface area (Å²) in [4.78, 5) is 11.3. The van der Waals surface area contributed by atoms with Gasteiger partial charge in [-0.1, -0.05) is 6.42 Å². The number of hydrogen-bond acceptors (Lipinski definition) is 2. The van der Waals surface area contributed by atoms with E-state index in [2.05, 4.69) is 5.32 Å². The quantitative estimate of drug-likeness (QED) is 0.684. The predicted octanol–water partition coefficient (Wildman–Crippen LogP) is 1.41. The molecule has 1 rings (SSSR count). The van der Waals surface area contributed by atoms with Crippen LogP contribution in [0.5, 0.6) is 0 Å². The Balaban J connectivity index is 2.27. The van der Waals surface area contributed by atoms with Gasteiger partial charge in [-0.15, -0.1) is 11.8 Å². The Bertz CT molecular complexity index is 132. The third kappa shape index (κ3) is 2.73. The van der Waals surface area contributed by atoms with E-state index < -0.39 is 0 Å². The molecule has 0 aliphatic carbocycles. The molecule has 1 heterocycles. The molecule has 0 aromatic carbocycles. The Kier molecular flexibility index (Phi) is 3.77. The molecule has 0 aromatic heterocycles. The van der Waals surface area contributed by atoms with Gasteiger partial charge in [-0.3, -0.25) is 4.79 Å². The molecule has 1 aliphatic rings. The van der Waals surface area contributed by atoms with Gasteiger partial charge >= 0.3 is 0 Å². The minimum absolute atomic E-state index is 0.234. The summed E-state index contributed by atoms with van der Waals surface area (Å²) in [6.45, 7) is 2.72. The van der Waals surface area contributed by atoms with E-state index in [9.17, 15) is 4.79 Å². The molecule has 64 valence electrons. The number of carbonyl (C=O) groups is 1. The van der Waals surface area contributed by atoms with Gasteiger partial charge in [0.05, 0.1) is 5.25 Å². The highest BCUT2D eigenvalue weighted by molar-refractivity contribution is 8.00. The minimum Gasteiger partial charge on any atom is -0.355 e. The van der Waals surface area contributed by atoms with Gasteiger partial charge in [-0.05, 0) is 25.5 Å². The van der Waals surface area contributed by atoms with Crippen LogP contribution in [0.3, 0.4) is 0 Å². The van der Waals surface area contributed by atoms with Crippen molar-refractivity contribution in [1.82, 2.24) is 5.32 Å². The number of hydrogen-bond donors (Lipinski definition) is 1. The van der Waals surface area contributed by atoms with Gasteiger partial charge in [0.1, 0.15) is 0 Å². The summed E-state index contributed by atoms with van der Waals surface area (Å²) < 4.78 is 0. The zero-order chi connectivity index (χ0) is 8.10. The molecule has 1 atom stereocenters. The number of rotatable bonds is 2. The standard InChI is InChI=1S/C8H15NOS/c1-2-9-8(10)7-5-3-4-6-11-7/h7H,2-6H2,1H3,(H,9,10). The van der Waals surface area contributed by atoms with Crippen molar-refractivity contribution in [3.63, 3.8) is 0 Å². The van der Waals surface area contributed by atoms with Crippen molar-refractivity contribution in [3.8, 4) is 0 Å². The van der Waals surface area contributed by atoms with Crippen molar-refractivity contribution >= 4 is 17.7 Å². The van der Waals surface area contributed by atoms with Crippen LogP contribution in [0, 0.1) is 0 Å². The minimum atomic E-state index is 0.234. The number of nitrogens with one attached hydrogen (secondary N) is 1. The van der Waals surface area contributed by atoms with Crippen LogP contribution >= 0.6 is 11.8 Å². The van der Waals surface area contributed by atoms with Gasteiger partial charge in [0.2, 0.25) is 5.91 Å². The van der Waals surface area contributed by atoms with Crippen molar-refractivity contribution in [1.29, 1.82) is 0 Å². The Hall–Kier alpha value is -0.180. The zero-order valence-corrected chi connectivity index (χ0v) is 7.75. The lowest BCUT2D eigenvalue weighted by Gasteiger charge is -2.19. The second kappa shape index (κ2) is 4.65. The van der Waals surface area contributed by atoms with E-state index in [0.29, 0.717) is 0 Å². The summed E-state index contributed by atoms with van der Waals surface area (Å²) in [7, 11) is 0. The van der Waals surface area contributed by atoms with Crippen LogP contribution in [0.25, 0.3) is 0 Å². The molecule has 0 saturated carbocycles. The first kappa shape index (κ1) is 8.91. The first-order valence-electron chi connectivity index (χ1n) is 4.24. The molecule has 1 fully saturated rings. The molecular weight excluding hydrogens is 158 g/mol. The fourth-order valence-corrected chi connectivity index (χ4v) is 2.46. The Labute approximate surface area is 72.1 Å². The van der Waals surface area contributed by atoms with Gasteiger partial charge in [-0.25, -0.2) is 0 Å². The fraction of sp³-hybridized carbons (Fsp3) is 0.875. The largest absolute Gasteiger partial charge is 0.355 e. The van der Waals surface area contributed by atoms with Crippen LogP contribution in [0.2, 0.25) is 0 Å². The highest BCUT2D eigenvalue weighted by atomic mass is 32.2. The van der Waals surface area contributed by atoms with Crippen LogP contribution in [0.15, 0.2) is 0 Å². The molecule has 1 saturated heterocycles. The highest BCUT2D eigenvalue weighted by Gasteiger charge is 2.20. The molecule has 2 nitrogen and oxygen atoms in total. The lowest BCUT2D eigenvalue weighted by molar-refractivity contribution is -0.120. The Morgan fingerprint density at radius 3 is 3.00 bits per heavy atom. The van der Waals surface area contributed by atoms with Crippen molar-refractivity contribution < 1.29 is 4.79 Å². The van der Waals surface area contributed by atoms with Gasteiger partial charge in [0, 0.05) is 6.54 Å². The molecule has 1 unspecified atom stereocenters. The van der Waals surface area contributed by atoms with Crippen LogP contribution in [0.4, 0.5) is 0 Å². The van der Waals surface area contributed by atoms with Gasteiger partial charge < -0.3 is 5.32 Å². The van der Waals surface area contributed by atoms with E-state index >= 15 is 0 Å². The first-order chi connectivity index (χ1) is 5.34. The number of thioether (sulfide) groups is 1. The van der Waals surface area contributed by atoms with Crippen LogP contribution in [-0.2, 0) is 4.79 Å². The normalized spacial score (nSPS) is 24.6. The summed E-state index contributed by atoms with van der Waals surface area (Å²) in [5.74, 6) is 1.39. The monoisotopic (exact) mass is 173 g/mol. The molecule has 0 radical (unpaired) electrons. The topological polar surface area (TPSA) is 29.1 Å². The lowest BCUT2D eigenvalue weighted by Crippen LogP contribution is -2.33. The maximum absolute atomic E-state index is 11.3. The Morgan fingerprint density at radius 1 is 1.64 bits per heavy atom. The summed E-state index contributed by atoms with van der Waals surface area (Å²) in [6, 6.07) is 0. The molecule has 3 heteroatoms. The molecule has 0 aromatic rings. The summed E-state index contributed by atoms with van der Waals surface area (Å²) in [6.07, 6.45) is 3.56. The highest BCUT2D eigenvalue weighted by Crippen LogP contribution is 2.24. The number of amides is 1. The van der Waals surface area contributed by atoms with Crippen LogP contribution < -0.4 is 5.32 Å². The van der Waals surface area contributed by atoms with E-state index in [1.807, 2.05) is 6.92 Å².